The molecule has 2 N–H and O–H groups in total. The lowest BCUT2D eigenvalue weighted by Gasteiger charge is -2.19. The zero-order chi connectivity index (χ0) is 14.4. The second kappa shape index (κ2) is 4.42. The van der Waals surface area contributed by atoms with Crippen molar-refractivity contribution in [2.75, 3.05) is 5.32 Å². The van der Waals surface area contributed by atoms with Crippen molar-refractivity contribution in [1.82, 2.24) is 5.32 Å². The van der Waals surface area contributed by atoms with Crippen LogP contribution in [0.15, 0.2) is 28.7 Å². The van der Waals surface area contributed by atoms with Crippen LogP contribution >= 0.6 is 15.9 Å². The van der Waals surface area contributed by atoms with Gasteiger partial charge in [-0.15, -0.1) is 0 Å². The van der Waals surface area contributed by atoms with Crippen molar-refractivity contribution in [1.29, 1.82) is 0 Å². The van der Waals surface area contributed by atoms with Crippen LogP contribution in [0, 0.1) is 0 Å². The number of hydrogen-bond acceptors (Lipinski definition) is 3. The molecule has 0 saturated carbocycles. The molecule has 3 amide bonds. The Morgan fingerprint density at radius 3 is 2.60 bits per heavy atom. The molecule has 3 rings (SSSR count). The first-order chi connectivity index (χ1) is 9.49. The van der Waals surface area contributed by atoms with Crippen molar-refractivity contribution >= 4 is 50.1 Å². The second-order valence-corrected chi connectivity index (χ2v) is 5.33. The van der Waals surface area contributed by atoms with Crippen LogP contribution in [-0.4, -0.2) is 17.7 Å². The Balaban J connectivity index is 2.44. The van der Waals surface area contributed by atoms with Crippen LogP contribution in [0.3, 0.4) is 0 Å². The molecule has 0 spiro atoms. The summed E-state index contributed by atoms with van der Waals surface area (Å²) < 4.78 is 0.594. The molecule has 1 aliphatic heterocycles. The van der Waals surface area contributed by atoms with Crippen molar-refractivity contribution in [3.63, 3.8) is 0 Å². The van der Waals surface area contributed by atoms with Crippen LogP contribution in [0.1, 0.15) is 27.6 Å². The van der Waals surface area contributed by atoms with Crippen molar-refractivity contribution in [3.8, 4) is 0 Å². The lowest BCUT2D eigenvalue weighted by atomic mass is 9.94. The first-order valence-electron chi connectivity index (χ1n) is 5.87. The molecule has 20 heavy (non-hydrogen) atoms. The molecule has 0 aromatic heterocycles. The Morgan fingerprint density at radius 2 is 1.90 bits per heavy atom. The highest BCUT2D eigenvalue weighted by molar-refractivity contribution is 9.10. The van der Waals surface area contributed by atoms with E-state index < -0.39 is 11.8 Å². The molecule has 0 fully saturated rings. The largest absolute Gasteiger partial charge is 0.325 e. The highest BCUT2D eigenvalue weighted by atomic mass is 79.9. The summed E-state index contributed by atoms with van der Waals surface area (Å²) in [6.45, 7) is 1.40. The van der Waals surface area contributed by atoms with Crippen LogP contribution < -0.4 is 10.6 Å². The molecular weight excluding hydrogens is 324 g/mol. The average molecular weight is 333 g/mol. The van der Waals surface area contributed by atoms with E-state index >= 15 is 0 Å². The summed E-state index contributed by atoms with van der Waals surface area (Å²) in [4.78, 5) is 35.1. The first-order valence-corrected chi connectivity index (χ1v) is 6.67. The zero-order valence-electron chi connectivity index (χ0n) is 10.4. The van der Waals surface area contributed by atoms with E-state index in [1.165, 1.54) is 6.92 Å². The molecule has 2 aromatic rings. The quantitative estimate of drug-likeness (QED) is 0.787. The minimum atomic E-state index is -0.436. The molecule has 0 saturated heterocycles. The van der Waals surface area contributed by atoms with E-state index in [0.29, 0.717) is 32.1 Å². The Labute approximate surface area is 122 Å². The van der Waals surface area contributed by atoms with Crippen LogP contribution in [0.5, 0.6) is 0 Å². The smallest absolute Gasteiger partial charge is 0.258 e. The molecule has 100 valence electrons. The third kappa shape index (κ3) is 1.80. The summed E-state index contributed by atoms with van der Waals surface area (Å²) >= 11 is 3.35. The van der Waals surface area contributed by atoms with Crippen LogP contribution in [0.4, 0.5) is 5.69 Å². The second-order valence-electron chi connectivity index (χ2n) is 4.47. The maximum absolute atomic E-state index is 11.9. The molecule has 5 nitrogen and oxygen atoms in total. The molecule has 0 unspecified atom stereocenters. The van der Waals surface area contributed by atoms with Gasteiger partial charge in [0.1, 0.15) is 0 Å². The lowest BCUT2D eigenvalue weighted by Crippen LogP contribution is -2.34. The van der Waals surface area contributed by atoms with Crippen molar-refractivity contribution in [3.05, 3.63) is 39.9 Å². The predicted molar refractivity (Wildman–Crippen MR) is 77.7 cm³/mol. The van der Waals surface area contributed by atoms with Gasteiger partial charge in [-0.1, -0.05) is 12.1 Å². The van der Waals surface area contributed by atoms with Gasteiger partial charge >= 0.3 is 0 Å². The summed E-state index contributed by atoms with van der Waals surface area (Å²) in [5, 5.41) is 6.24. The van der Waals surface area contributed by atoms with Crippen LogP contribution in [0.2, 0.25) is 0 Å². The van der Waals surface area contributed by atoms with E-state index in [2.05, 4.69) is 26.6 Å². The van der Waals surface area contributed by atoms with Crippen LogP contribution in [-0.2, 0) is 4.79 Å². The molecule has 0 atom stereocenters. The van der Waals surface area contributed by atoms with Gasteiger partial charge in [-0.05, 0) is 28.1 Å². The Bertz CT molecular complexity index is 799. The Hall–Kier alpha value is -2.21. The minimum Gasteiger partial charge on any atom is -0.325 e. The molecule has 0 bridgehead atoms. The van der Waals surface area contributed by atoms with Crippen molar-refractivity contribution < 1.29 is 14.4 Å². The SMILES string of the molecule is CC(=O)Nc1c(Br)cc2c3c(cccc13)C(=O)NC2=O. The average Bonchev–Trinajstić information content (AvgIpc) is 2.39. The maximum Gasteiger partial charge on any atom is 0.258 e. The summed E-state index contributed by atoms with van der Waals surface area (Å²) in [7, 11) is 0. The fraction of sp³-hybridized carbons (Fsp3) is 0.0714. The van der Waals surface area contributed by atoms with E-state index in [0.717, 1.165) is 0 Å². The summed E-state index contributed by atoms with van der Waals surface area (Å²) in [5.74, 6) is -1.09. The van der Waals surface area contributed by atoms with E-state index in [-0.39, 0.29) is 5.91 Å². The van der Waals surface area contributed by atoms with E-state index in [1.54, 1.807) is 24.3 Å². The Kier molecular flexibility index (Phi) is 2.83. The highest BCUT2D eigenvalue weighted by Gasteiger charge is 2.27. The normalized spacial score (nSPS) is 13.3. The standard InChI is InChI=1S/C14H9BrN2O3/c1-6(18)16-12-7-3-2-4-8-11(7)9(5-10(12)15)14(20)17-13(8)19/h2-5H,1H3,(H,16,18)(H,17,19,20). The zero-order valence-corrected chi connectivity index (χ0v) is 12.0. The van der Waals surface area contributed by atoms with E-state index in [9.17, 15) is 14.4 Å². The number of benzene rings is 2. The molecule has 2 aromatic carbocycles. The number of rotatable bonds is 1. The van der Waals surface area contributed by atoms with Gasteiger partial charge in [0.15, 0.2) is 0 Å². The molecular formula is C14H9BrN2O3. The van der Waals surface area contributed by atoms with Crippen molar-refractivity contribution in [2.24, 2.45) is 0 Å². The summed E-state index contributed by atoms with van der Waals surface area (Å²) in [5.41, 5.74) is 1.40. The predicted octanol–water partition coefficient (Wildman–Crippen LogP) is 2.44. The highest BCUT2D eigenvalue weighted by Crippen LogP contribution is 2.37. The molecule has 0 radical (unpaired) electrons. The van der Waals surface area contributed by atoms with Crippen LogP contribution in [0.25, 0.3) is 10.8 Å². The summed E-state index contributed by atoms with van der Waals surface area (Å²) in [6, 6.07) is 6.75. The van der Waals surface area contributed by atoms with Gasteiger partial charge in [0.2, 0.25) is 5.91 Å². The number of halogens is 1. The number of amides is 3. The maximum atomic E-state index is 11.9. The fourth-order valence-electron chi connectivity index (χ4n) is 2.36. The third-order valence-electron chi connectivity index (χ3n) is 3.13. The number of carbonyl (C=O) groups is 3. The van der Waals surface area contributed by atoms with Gasteiger partial charge < -0.3 is 5.32 Å². The number of hydrogen-bond donors (Lipinski definition) is 2. The fourth-order valence-corrected chi connectivity index (χ4v) is 2.90. The topological polar surface area (TPSA) is 75.3 Å². The number of imide groups is 1. The van der Waals surface area contributed by atoms with Gasteiger partial charge in [-0.25, -0.2) is 0 Å². The number of nitrogens with one attached hydrogen (secondary N) is 2. The third-order valence-corrected chi connectivity index (χ3v) is 3.76. The van der Waals surface area contributed by atoms with Gasteiger partial charge in [-0.3, -0.25) is 19.7 Å². The lowest BCUT2D eigenvalue weighted by molar-refractivity contribution is -0.114. The molecule has 6 heteroatoms. The minimum absolute atomic E-state index is 0.224. The van der Waals surface area contributed by atoms with Gasteiger partial charge in [0.05, 0.1) is 5.69 Å². The van der Waals surface area contributed by atoms with Gasteiger partial charge in [-0.2, -0.15) is 0 Å². The number of anilines is 1. The monoisotopic (exact) mass is 332 g/mol. The summed E-state index contributed by atoms with van der Waals surface area (Å²) in [6.07, 6.45) is 0. The van der Waals surface area contributed by atoms with E-state index in [1.807, 2.05) is 0 Å². The van der Waals surface area contributed by atoms with Gasteiger partial charge in [0, 0.05) is 33.3 Å². The first kappa shape index (κ1) is 12.8. The van der Waals surface area contributed by atoms with E-state index in [4.69, 9.17) is 0 Å². The molecule has 1 heterocycles. The van der Waals surface area contributed by atoms with Crippen molar-refractivity contribution in [2.45, 2.75) is 6.92 Å². The molecule has 0 aliphatic carbocycles. The number of carbonyl (C=O) groups excluding carboxylic acids is 3. The van der Waals surface area contributed by atoms with Gasteiger partial charge in [0.25, 0.3) is 11.8 Å². The molecule has 1 aliphatic rings. The Morgan fingerprint density at radius 1 is 1.20 bits per heavy atom.